The summed E-state index contributed by atoms with van der Waals surface area (Å²) in [5, 5.41) is 4.43. The summed E-state index contributed by atoms with van der Waals surface area (Å²) in [5.74, 6) is 0.675. The van der Waals surface area contributed by atoms with Gasteiger partial charge in [0.25, 0.3) is 0 Å². The number of hydrogen-bond donors (Lipinski definition) is 1. The van der Waals surface area contributed by atoms with Crippen LogP contribution in [0, 0.1) is 6.92 Å². The Balaban J connectivity index is 2.42. The van der Waals surface area contributed by atoms with Crippen LogP contribution in [0.15, 0.2) is 34.8 Å². The summed E-state index contributed by atoms with van der Waals surface area (Å²) >= 11 is 3.43. The first-order valence-electron chi connectivity index (χ1n) is 5.16. The first kappa shape index (κ1) is 11.2. The highest BCUT2D eigenvalue weighted by Crippen LogP contribution is 2.28. The Morgan fingerprint density at radius 1 is 1.31 bits per heavy atom. The third-order valence-electron chi connectivity index (χ3n) is 2.70. The number of benzene rings is 1. The van der Waals surface area contributed by atoms with E-state index in [9.17, 15) is 0 Å². The zero-order chi connectivity index (χ0) is 11.7. The molecule has 0 amide bonds. The van der Waals surface area contributed by atoms with Crippen LogP contribution >= 0.6 is 15.9 Å². The van der Waals surface area contributed by atoms with Gasteiger partial charge in [-0.25, -0.2) is 4.68 Å². The van der Waals surface area contributed by atoms with Crippen LogP contribution in [-0.2, 0) is 0 Å². The van der Waals surface area contributed by atoms with Gasteiger partial charge in [-0.2, -0.15) is 5.10 Å². The maximum Gasteiger partial charge on any atom is 0.137 e. The second-order valence-corrected chi connectivity index (χ2v) is 4.61. The van der Waals surface area contributed by atoms with Crippen LogP contribution in [0.2, 0.25) is 0 Å². The van der Waals surface area contributed by atoms with E-state index in [2.05, 4.69) is 40.1 Å². The molecule has 0 saturated carbocycles. The molecule has 0 aliphatic carbocycles. The third-order valence-corrected chi connectivity index (χ3v) is 3.68. The summed E-state index contributed by atoms with van der Waals surface area (Å²) in [4.78, 5) is 0. The molecule has 1 heterocycles. The van der Waals surface area contributed by atoms with Gasteiger partial charge in [-0.3, -0.25) is 0 Å². The highest BCUT2D eigenvalue weighted by molar-refractivity contribution is 9.10. The number of nitrogens with zero attached hydrogens (tertiary/aromatic N) is 2. The van der Waals surface area contributed by atoms with Gasteiger partial charge in [-0.15, -0.1) is 0 Å². The van der Waals surface area contributed by atoms with E-state index in [1.807, 2.05) is 29.8 Å². The van der Waals surface area contributed by atoms with Gasteiger partial charge in [0.15, 0.2) is 0 Å². The lowest BCUT2D eigenvalue weighted by atomic mass is 10.1. The summed E-state index contributed by atoms with van der Waals surface area (Å²) in [6, 6.07) is 10.3. The first-order valence-corrected chi connectivity index (χ1v) is 5.95. The van der Waals surface area contributed by atoms with E-state index in [4.69, 9.17) is 5.73 Å². The van der Waals surface area contributed by atoms with Crippen molar-refractivity contribution in [3.05, 3.63) is 46.1 Å². The van der Waals surface area contributed by atoms with Crippen molar-refractivity contribution in [2.24, 2.45) is 0 Å². The van der Waals surface area contributed by atoms with E-state index < -0.39 is 0 Å². The highest BCUT2D eigenvalue weighted by Gasteiger charge is 2.15. The van der Waals surface area contributed by atoms with Gasteiger partial charge in [0.05, 0.1) is 16.2 Å². The molecule has 84 valence electrons. The van der Waals surface area contributed by atoms with Crippen LogP contribution in [0.3, 0.4) is 0 Å². The van der Waals surface area contributed by atoms with Crippen LogP contribution < -0.4 is 5.73 Å². The number of aromatic nitrogens is 2. The van der Waals surface area contributed by atoms with Crippen molar-refractivity contribution in [2.45, 2.75) is 19.9 Å². The minimum Gasteiger partial charge on any atom is -0.383 e. The fraction of sp³-hybridized carbons (Fsp3) is 0.250. The number of halogens is 1. The van der Waals surface area contributed by atoms with Crippen molar-refractivity contribution in [1.29, 1.82) is 0 Å². The number of nitrogens with two attached hydrogens (primary N) is 1. The molecule has 0 fully saturated rings. The van der Waals surface area contributed by atoms with Gasteiger partial charge in [0, 0.05) is 0 Å². The SMILES string of the molecule is Cc1nn(C(C)c2ccccc2)c(N)c1Br. The summed E-state index contributed by atoms with van der Waals surface area (Å²) < 4.78 is 2.73. The lowest BCUT2D eigenvalue weighted by molar-refractivity contribution is 0.569. The molecule has 3 nitrogen and oxygen atoms in total. The lowest BCUT2D eigenvalue weighted by Gasteiger charge is -2.14. The molecule has 2 N–H and O–H groups in total. The van der Waals surface area contributed by atoms with Crippen molar-refractivity contribution in [1.82, 2.24) is 9.78 Å². The monoisotopic (exact) mass is 279 g/mol. The molecule has 16 heavy (non-hydrogen) atoms. The number of rotatable bonds is 2. The zero-order valence-corrected chi connectivity index (χ0v) is 10.9. The fourth-order valence-corrected chi connectivity index (χ4v) is 1.97. The highest BCUT2D eigenvalue weighted by atomic mass is 79.9. The summed E-state index contributed by atoms with van der Waals surface area (Å²) in [5.41, 5.74) is 8.11. The summed E-state index contributed by atoms with van der Waals surface area (Å²) in [6.07, 6.45) is 0. The molecule has 1 unspecified atom stereocenters. The second kappa shape index (κ2) is 4.29. The molecule has 0 radical (unpaired) electrons. The maximum atomic E-state index is 6.00. The average molecular weight is 280 g/mol. The van der Waals surface area contributed by atoms with Crippen LogP contribution in [0.25, 0.3) is 0 Å². The first-order chi connectivity index (χ1) is 7.61. The Bertz CT molecular complexity index is 490. The smallest absolute Gasteiger partial charge is 0.137 e. The number of hydrogen-bond acceptors (Lipinski definition) is 2. The summed E-state index contributed by atoms with van der Waals surface area (Å²) in [7, 11) is 0. The van der Waals surface area contributed by atoms with Gasteiger partial charge in [0.2, 0.25) is 0 Å². The van der Waals surface area contributed by atoms with Crippen molar-refractivity contribution in [3.8, 4) is 0 Å². The Labute approximate surface area is 103 Å². The number of nitrogen functional groups attached to an aromatic ring is 1. The van der Waals surface area contributed by atoms with Crippen LogP contribution in [0.5, 0.6) is 0 Å². The van der Waals surface area contributed by atoms with Gasteiger partial charge >= 0.3 is 0 Å². The zero-order valence-electron chi connectivity index (χ0n) is 9.31. The quantitative estimate of drug-likeness (QED) is 0.918. The average Bonchev–Trinajstić information content (AvgIpc) is 2.57. The van der Waals surface area contributed by atoms with Gasteiger partial charge in [0.1, 0.15) is 5.82 Å². The van der Waals surface area contributed by atoms with E-state index >= 15 is 0 Å². The van der Waals surface area contributed by atoms with E-state index in [0.717, 1.165) is 10.2 Å². The molecule has 4 heteroatoms. The predicted molar refractivity (Wildman–Crippen MR) is 69.3 cm³/mol. The van der Waals surface area contributed by atoms with Crippen molar-refractivity contribution < 1.29 is 0 Å². The molecule has 0 saturated heterocycles. The Hall–Kier alpha value is -1.29. The topological polar surface area (TPSA) is 43.8 Å². The molecular weight excluding hydrogens is 266 g/mol. The normalized spacial score (nSPS) is 12.7. The molecule has 1 atom stereocenters. The van der Waals surface area contributed by atoms with Crippen LogP contribution in [0.1, 0.15) is 24.2 Å². The van der Waals surface area contributed by atoms with Gasteiger partial charge < -0.3 is 5.73 Å². The maximum absolute atomic E-state index is 6.00. The largest absolute Gasteiger partial charge is 0.383 e. The number of anilines is 1. The Morgan fingerprint density at radius 3 is 2.44 bits per heavy atom. The molecule has 1 aromatic carbocycles. The van der Waals surface area contributed by atoms with E-state index in [1.165, 1.54) is 5.56 Å². The minimum atomic E-state index is 0.145. The minimum absolute atomic E-state index is 0.145. The summed E-state index contributed by atoms with van der Waals surface area (Å²) in [6.45, 7) is 4.03. The lowest BCUT2D eigenvalue weighted by Crippen LogP contribution is -2.11. The fourth-order valence-electron chi connectivity index (χ4n) is 1.71. The van der Waals surface area contributed by atoms with Gasteiger partial charge in [-0.1, -0.05) is 30.3 Å². The van der Waals surface area contributed by atoms with E-state index in [1.54, 1.807) is 0 Å². The molecule has 2 aromatic rings. The predicted octanol–water partition coefficient (Wildman–Crippen LogP) is 3.15. The second-order valence-electron chi connectivity index (χ2n) is 3.82. The van der Waals surface area contributed by atoms with Crippen LogP contribution in [0.4, 0.5) is 5.82 Å². The molecule has 2 rings (SSSR count). The Kier molecular flexibility index (Phi) is 3.01. The van der Waals surface area contributed by atoms with Crippen molar-refractivity contribution >= 4 is 21.7 Å². The third kappa shape index (κ3) is 1.85. The van der Waals surface area contributed by atoms with Gasteiger partial charge in [-0.05, 0) is 35.3 Å². The molecule has 0 bridgehead atoms. The number of aryl methyl sites for hydroxylation is 1. The van der Waals surface area contributed by atoms with Crippen molar-refractivity contribution in [2.75, 3.05) is 5.73 Å². The molecular formula is C12H14BrN3. The van der Waals surface area contributed by atoms with Crippen molar-refractivity contribution in [3.63, 3.8) is 0 Å². The van der Waals surface area contributed by atoms with E-state index in [0.29, 0.717) is 5.82 Å². The molecule has 0 spiro atoms. The van der Waals surface area contributed by atoms with E-state index in [-0.39, 0.29) is 6.04 Å². The molecule has 0 aliphatic rings. The molecule has 0 aliphatic heterocycles. The standard InChI is InChI=1S/C12H14BrN3/c1-8-11(13)12(14)16(15-8)9(2)10-6-4-3-5-7-10/h3-7,9H,14H2,1-2H3. The van der Waals surface area contributed by atoms with Crippen LogP contribution in [-0.4, -0.2) is 9.78 Å². The Morgan fingerprint density at radius 2 is 1.94 bits per heavy atom. The molecule has 1 aromatic heterocycles.